The van der Waals surface area contributed by atoms with Gasteiger partial charge >= 0.3 is 6.18 Å². The second kappa shape index (κ2) is 7.57. The van der Waals surface area contributed by atoms with Crippen LogP contribution in [0, 0.1) is 0 Å². The van der Waals surface area contributed by atoms with E-state index in [2.05, 4.69) is 10.0 Å². The average Bonchev–Trinajstić information content (AvgIpc) is 2.36. The Morgan fingerprint density at radius 1 is 1.35 bits per heavy atom. The van der Waals surface area contributed by atoms with Crippen molar-refractivity contribution < 1.29 is 21.6 Å². The van der Waals surface area contributed by atoms with Gasteiger partial charge in [-0.1, -0.05) is 17.7 Å². The summed E-state index contributed by atoms with van der Waals surface area (Å²) in [6, 6.07) is 2.60. The molecule has 0 amide bonds. The Morgan fingerprint density at radius 2 is 2.00 bits per heavy atom. The molecule has 1 aliphatic heterocycles. The first-order valence-electron chi connectivity index (χ1n) is 6.72. The quantitative estimate of drug-likeness (QED) is 0.830. The molecule has 2 atom stereocenters. The predicted molar refractivity (Wildman–Crippen MR) is 84.5 cm³/mol. The number of hydrogen-bond donors (Lipinski definition) is 2. The molecule has 0 bridgehead atoms. The summed E-state index contributed by atoms with van der Waals surface area (Å²) in [4.78, 5) is -0.907. The van der Waals surface area contributed by atoms with Gasteiger partial charge in [0, 0.05) is 12.1 Å². The van der Waals surface area contributed by atoms with Crippen molar-refractivity contribution in [1.29, 1.82) is 0 Å². The Labute approximate surface area is 144 Å². The van der Waals surface area contributed by atoms with Crippen LogP contribution in [0.3, 0.4) is 0 Å². The van der Waals surface area contributed by atoms with Gasteiger partial charge in [0.2, 0.25) is 10.0 Å². The van der Waals surface area contributed by atoms with Gasteiger partial charge in [-0.3, -0.25) is 0 Å². The van der Waals surface area contributed by atoms with Gasteiger partial charge in [-0.25, -0.2) is 13.1 Å². The van der Waals surface area contributed by atoms with Gasteiger partial charge in [0.15, 0.2) is 0 Å². The van der Waals surface area contributed by atoms with E-state index in [1.54, 1.807) is 0 Å². The van der Waals surface area contributed by atoms with Crippen molar-refractivity contribution in [1.82, 2.24) is 10.0 Å². The first-order chi connectivity index (χ1) is 10.1. The maximum absolute atomic E-state index is 13.0. The summed E-state index contributed by atoms with van der Waals surface area (Å²) >= 11 is 5.73. The van der Waals surface area contributed by atoms with Crippen LogP contribution in [0.2, 0.25) is 5.02 Å². The molecule has 0 aromatic heterocycles. The highest BCUT2D eigenvalue weighted by atomic mass is 35.5. The summed E-state index contributed by atoms with van der Waals surface area (Å²) in [5.74, 6) is 0. The molecule has 1 aromatic carbocycles. The summed E-state index contributed by atoms with van der Waals surface area (Å²) in [6.07, 6.45) is -3.78. The van der Waals surface area contributed by atoms with E-state index in [-0.39, 0.29) is 18.4 Å². The summed E-state index contributed by atoms with van der Waals surface area (Å²) in [5, 5.41) is 2.70. The van der Waals surface area contributed by atoms with Crippen molar-refractivity contribution in [3.8, 4) is 0 Å². The number of sulfonamides is 1. The zero-order valence-corrected chi connectivity index (χ0v) is 14.5. The Bertz CT molecular complexity index is 653. The monoisotopic (exact) mass is 392 g/mol. The van der Waals surface area contributed by atoms with E-state index < -0.39 is 37.7 Å². The van der Waals surface area contributed by atoms with Crippen LogP contribution < -0.4 is 10.0 Å². The van der Waals surface area contributed by atoms with Crippen molar-refractivity contribution in [2.75, 3.05) is 6.54 Å². The molecule has 1 heterocycles. The van der Waals surface area contributed by atoms with E-state index in [1.807, 2.05) is 6.92 Å². The van der Waals surface area contributed by atoms with E-state index in [1.165, 1.54) is 0 Å². The SMILES string of the molecule is CC1CC(NS(=O)(=O)c2c(Cl)cccc2C(F)(F)F)CCN1.Cl. The zero-order chi connectivity index (χ0) is 16.5. The number of rotatable bonds is 3. The molecule has 132 valence electrons. The minimum Gasteiger partial charge on any atom is -0.314 e. The van der Waals surface area contributed by atoms with Crippen LogP contribution in [0.15, 0.2) is 23.1 Å². The third-order valence-electron chi connectivity index (χ3n) is 3.49. The molecule has 1 aliphatic rings. The molecule has 0 saturated carbocycles. The van der Waals surface area contributed by atoms with Gasteiger partial charge in [0.25, 0.3) is 0 Å². The lowest BCUT2D eigenvalue weighted by molar-refractivity contribution is -0.139. The van der Waals surface area contributed by atoms with Gasteiger partial charge in [-0.05, 0) is 38.4 Å². The molecule has 23 heavy (non-hydrogen) atoms. The van der Waals surface area contributed by atoms with Gasteiger partial charge < -0.3 is 5.32 Å². The van der Waals surface area contributed by atoms with E-state index in [0.717, 1.165) is 12.1 Å². The third-order valence-corrected chi connectivity index (χ3v) is 5.53. The lowest BCUT2D eigenvalue weighted by Crippen LogP contribution is -2.46. The van der Waals surface area contributed by atoms with E-state index >= 15 is 0 Å². The molecule has 2 N–H and O–H groups in total. The van der Waals surface area contributed by atoms with E-state index in [4.69, 9.17) is 11.6 Å². The Kier molecular flexibility index (Phi) is 6.74. The minimum absolute atomic E-state index is 0. The number of benzene rings is 1. The second-order valence-corrected chi connectivity index (χ2v) is 7.37. The third kappa shape index (κ3) is 4.96. The van der Waals surface area contributed by atoms with Crippen molar-refractivity contribution in [3.05, 3.63) is 28.8 Å². The Morgan fingerprint density at radius 3 is 2.57 bits per heavy atom. The number of hydrogen-bond acceptors (Lipinski definition) is 3. The molecule has 4 nitrogen and oxygen atoms in total. The van der Waals surface area contributed by atoms with Crippen molar-refractivity contribution in [2.45, 2.75) is 42.9 Å². The highest BCUT2D eigenvalue weighted by molar-refractivity contribution is 7.89. The first kappa shape index (κ1) is 20.5. The summed E-state index contributed by atoms with van der Waals surface area (Å²) in [5.41, 5.74) is -1.26. The van der Waals surface area contributed by atoms with Crippen LogP contribution in [-0.4, -0.2) is 27.0 Å². The smallest absolute Gasteiger partial charge is 0.314 e. The summed E-state index contributed by atoms with van der Waals surface area (Å²) in [6.45, 7) is 2.49. The Hall–Kier alpha value is -0.540. The van der Waals surface area contributed by atoms with Crippen LogP contribution in [-0.2, 0) is 16.2 Å². The maximum Gasteiger partial charge on any atom is 0.417 e. The molecule has 0 spiro atoms. The second-order valence-electron chi connectivity index (χ2n) is 5.31. The summed E-state index contributed by atoms with van der Waals surface area (Å²) in [7, 11) is -4.36. The molecule has 1 saturated heterocycles. The number of nitrogens with one attached hydrogen (secondary N) is 2. The normalized spacial score (nSPS) is 22.5. The van der Waals surface area contributed by atoms with Gasteiger partial charge in [-0.2, -0.15) is 13.2 Å². The highest BCUT2D eigenvalue weighted by Gasteiger charge is 2.39. The zero-order valence-electron chi connectivity index (χ0n) is 12.2. The molecule has 2 rings (SSSR count). The van der Waals surface area contributed by atoms with Crippen LogP contribution in [0.1, 0.15) is 25.3 Å². The number of piperidine rings is 1. The van der Waals surface area contributed by atoms with Crippen LogP contribution in [0.25, 0.3) is 0 Å². The molecule has 0 aliphatic carbocycles. The fourth-order valence-corrected chi connectivity index (χ4v) is 4.57. The summed E-state index contributed by atoms with van der Waals surface area (Å²) < 4.78 is 66.2. The molecular weight excluding hydrogens is 376 g/mol. The molecule has 2 unspecified atom stereocenters. The van der Waals surface area contributed by atoms with Crippen molar-refractivity contribution in [2.24, 2.45) is 0 Å². The van der Waals surface area contributed by atoms with Crippen molar-refractivity contribution >= 4 is 34.0 Å². The highest BCUT2D eigenvalue weighted by Crippen LogP contribution is 2.37. The lowest BCUT2D eigenvalue weighted by atomic mass is 10.0. The van der Waals surface area contributed by atoms with Crippen LogP contribution in [0.4, 0.5) is 13.2 Å². The first-order valence-corrected chi connectivity index (χ1v) is 8.59. The fraction of sp³-hybridized carbons (Fsp3) is 0.538. The molecule has 0 radical (unpaired) electrons. The maximum atomic E-state index is 13.0. The molecule has 1 fully saturated rings. The van der Waals surface area contributed by atoms with Gasteiger partial charge in [0.1, 0.15) is 4.90 Å². The number of halogens is 5. The largest absolute Gasteiger partial charge is 0.417 e. The lowest BCUT2D eigenvalue weighted by Gasteiger charge is -2.29. The van der Waals surface area contributed by atoms with Gasteiger partial charge in [0.05, 0.1) is 10.6 Å². The molecule has 10 heteroatoms. The Balaban J connectivity index is 0.00000264. The number of alkyl halides is 3. The minimum atomic E-state index is -4.80. The standard InChI is InChI=1S/C13H16ClF3N2O2S.ClH/c1-8-7-9(5-6-18-8)19-22(20,21)12-10(13(15,16)17)3-2-4-11(12)14;/h2-4,8-9,18-19H,5-7H2,1H3;1H. The average molecular weight is 393 g/mol. The van der Waals surface area contributed by atoms with Crippen molar-refractivity contribution in [3.63, 3.8) is 0 Å². The van der Waals surface area contributed by atoms with E-state index in [9.17, 15) is 21.6 Å². The van der Waals surface area contributed by atoms with Crippen LogP contribution >= 0.6 is 24.0 Å². The topological polar surface area (TPSA) is 58.2 Å². The van der Waals surface area contributed by atoms with E-state index in [0.29, 0.717) is 25.5 Å². The predicted octanol–water partition coefficient (Wildman–Crippen LogP) is 3.20. The van der Waals surface area contributed by atoms with Gasteiger partial charge in [-0.15, -0.1) is 12.4 Å². The van der Waals surface area contributed by atoms with Crippen LogP contribution in [0.5, 0.6) is 0 Å². The molecule has 1 aromatic rings. The molecular formula is C13H17Cl2F3N2O2S. The fourth-order valence-electron chi connectivity index (χ4n) is 2.52.